The molecule has 0 fully saturated rings. The molecule has 1 aliphatic heterocycles. The van der Waals surface area contributed by atoms with Gasteiger partial charge in [0, 0.05) is 24.7 Å². The number of carbonyl (C=O) groups is 2. The lowest BCUT2D eigenvalue weighted by Gasteiger charge is -2.26. The first-order chi connectivity index (χ1) is 9.20. The maximum Gasteiger partial charge on any atom is 0.227 e. The lowest BCUT2D eigenvalue weighted by Crippen LogP contribution is -2.30. The van der Waals surface area contributed by atoms with E-state index in [-0.39, 0.29) is 5.91 Å². The summed E-state index contributed by atoms with van der Waals surface area (Å²) >= 11 is 0. The van der Waals surface area contributed by atoms with E-state index in [0.29, 0.717) is 17.8 Å². The molecule has 1 aliphatic rings. The molecule has 5 heteroatoms. The number of benzene rings is 1. The van der Waals surface area contributed by atoms with Gasteiger partial charge < -0.3 is 9.88 Å². The van der Waals surface area contributed by atoms with Crippen molar-refractivity contribution in [1.29, 1.82) is 0 Å². The highest BCUT2D eigenvalue weighted by atomic mass is 16.2. The van der Waals surface area contributed by atoms with Gasteiger partial charge in [0.15, 0.2) is 6.29 Å². The smallest absolute Gasteiger partial charge is 0.227 e. The van der Waals surface area contributed by atoms with Crippen molar-refractivity contribution in [3.8, 4) is 11.3 Å². The number of imidazole rings is 1. The van der Waals surface area contributed by atoms with Crippen LogP contribution in [0.15, 0.2) is 24.5 Å². The number of nitrogens with one attached hydrogen (secondary N) is 1. The van der Waals surface area contributed by atoms with Crippen LogP contribution in [0.2, 0.25) is 0 Å². The number of aryl methyl sites for hydroxylation is 1. The molecule has 0 bridgehead atoms. The lowest BCUT2D eigenvalue weighted by atomic mass is 9.97. The van der Waals surface area contributed by atoms with Crippen molar-refractivity contribution in [3.05, 3.63) is 35.8 Å². The zero-order valence-electron chi connectivity index (χ0n) is 10.5. The molecule has 0 unspecified atom stereocenters. The van der Waals surface area contributed by atoms with Crippen molar-refractivity contribution in [2.75, 3.05) is 11.9 Å². The predicted octanol–water partition coefficient (Wildman–Crippen LogP) is 1.80. The van der Waals surface area contributed by atoms with Gasteiger partial charge in [-0.3, -0.25) is 9.59 Å². The van der Waals surface area contributed by atoms with Crippen molar-refractivity contribution in [2.45, 2.75) is 12.8 Å². The number of rotatable bonds is 2. The summed E-state index contributed by atoms with van der Waals surface area (Å²) in [5.74, 6) is 0.133. The average molecular weight is 255 g/mol. The molecule has 0 spiro atoms. The molecular weight excluding hydrogens is 242 g/mol. The summed E-state index contributed by atoms with van der Waals surface area (Å²) in [6, 6.07) is 5.80. The summed E-state index contributed by atoms with van der Waals surface area (Å²) in [4.78, 5) is 31.2. The molecule has 0 saturated carbocycles. The van der Waals surface area contributed by atoms with E-state index in [1.807, 2.05) is 18.2 Å². The highest BCUT2D eigenvalue weighted by Gasteiger charge is 2.21. The van der Waals surface area contributed by atoms with Crippen LogP contribution in [0.1, 0.15) is 22.5 Å². The Bertz CT molecular complexity index is 660. The number of aldehydes is 1. The van der Waals surface area contributed by atoms with Crippen LogP contribution in [-0.2, 0) is 11.2 Å². The number of amides is 1. The predicted molar refractivity (Wildman–Crippen MR) is 71.1 cm³/mol. The van der Waals surface area contributed by atoms with Crippen LogP contribution in [0.25, 0.3) is 11.3 Å². The zero-order chi connectivity index (χ0) is 13.4. The molecule has 3 rings (SSSR count). The number of aromatic amines is 1. The van der Waals surface area contributed by atoms with Crippen LogP contribution in [0, 0.1) is 0 Å². The second-order valence-corrected chi connectivity index (χ2v) is 4.58. The van der Waals surface area contributed by atoms with Gasteiger partial charge in [0.2, 0.25) is 5.91 Å². The Hall–Kier alpha value is -2.43. The molecule has 19 heavy (non-hydrogen) atoms. The molecule has 2 heterocycles. The molecule has 0 aliphatic carbocycles. The minimum absolute atomic E-state index is 0.133. The number of H-pyrrole nitrogens is 1. The lowest BCUT2D eigenvalue weighted by molar-refractivity contribution is -0.118. The number of fused-ring (bicyclic) bond motifs is 1. The highest BCUT2D eigenvalue weighted by molar-refractivity contribution is 5.96. The Labute approximate surface area is 110 Å². The second-order valence-electron chi connectivity index (χ2n) is 4.58. The van der Waals surface area contributed by atoms with Crippen LogP contribution in [-0.4, -0.2) is 29.2 Å². The molecule has 0 atom stereocenters. The fraction of sp³-hybridized carbons (Fsp3) is 0.214. The largest absolute Gasteiger partial charge is 0.342 e. The van der Waals surface area contributed by atoms with Gasteiger partial charge in [0.1, 0.15) is 5.69 Å². The van der Waals surface area contributed by atoms with Gasteiger partial charge in [-0.1, -0.05) is 6.07 Å². The third-order valence-electron chi connectivity index (χ3n) is 3.48. The van der Waals surface area contributed by atoms with Gasteiger partial charge in [-0.2, -0.15) is 0 Å². The van der Waals surface area contributed by atoms with Crippen LogP contribution in [0.4, 0.5) is 5.69 Å². The fourth-order valence-corrected chi connectivity index (χ4v) is 2.43. The molecule has 96 valence electrons. The average Bonchev–Trinajstić information content (AvgIpc) is 2.91. The van der Waals surface area contributed by atoms with E-state index in [2.05, 4.69) is 9.97 Å². The first kappa shape index (κ1) is 11.6. The van der Waals surface area contributed by atoms with E-state index in [0.717, 1.165) is 29.5 Å². The molecule has 2 aromatic rings. The topological polar surface area (TPSA) is 66.1 Å². The molecule has 1 amide bonds. The number of anilines is 1. The molecule has 1 N–H and O–H groups in total. The van der Waals surface area contributed by atoms with Crippen molar-refractivity contribution in [3.63, 3.8) is 0 Å². The van der Waals surface area contributed by atoms with E-state index >= 15 is 0 Å². The maximum absolute atomic E-state index is 11.6. The molecular formula is C14H13N3O2. The number of nitrogens with zero attached hydrogens (tertiary/aromatic N) is 2. The summed E-state index contributed by atoms with van der Waals surface area (Å²) in [5, 5.41) is 0. The van der Waals surface area contributed by atoms with Crippen molar-refractivity contribution in [2.24, 2.45) is 0 Å². The zero-order valence-corrected chi connectivity index (χ0v) is 10.5. The highest BCUT2D eigenvalue weighted by Crippen LogP contribution is 2.31. The Morgan fingerprint density at radius 1 is 1.37 bits per heavy atom. The van der Waals surface area contributed by atoms with Gasteiger partial charge in [0.05, 0.1) is 12.0 Å². The number of aromatic nitrogens is 2. The van der Waals surface area contributed by atoms with E-state index in [9.17, 15) is 9.59 Å². The van der Waals surface area contributed by atoms with E-state index in [1.165, 1.54) is 6.33 Å². The third kappa shape index (κ3) is 1.83. The SMILES string of the molecule is CN1C(=O)CCc2cc(-c3nc[nH]c3C=O)ccc21. The van der Waals surface area contributed by atoms with Crippen LogP contribution in [0.5, 0.6) is 0 Å². The summed E-state index contributed by atoms with van der Waals surface area (Å²) in [5.41, 5.74) is 4.06. The van der Waals surface area contributed by atoms with E-state index in [1.54, 1.807) is 11.9 Å². The maximum atomic E-state index is 11.6. The van der Waals surface area contributed by atoms with Crippen LogP contribution >= 0.6 is 0 Å². The summed E-state index contributed by atoms with van der Waals surface area (Å²) in [7, 11) is 1.78. The van der Waals surface area contributed by atoms with Gasteiger partial charge in [-0.25, -0.2) is 4.98 Å². The van der Waals surface area contributed by atoms with Crippen molar-refractivity contribution in [1.82, 2.24) is 9.97 Å². The minimum Gasteiger partial charge on any atom is -0.342 e. The Kier molecular flexibility index (Phi) is 2.67. The van der Waals surface area contributed by atoms with Gasteiger partial charge >= 0.3 is 0 Å². The Morgan fingerprint density at radius 3 is 3.00 bits per heavy atom. The summed E-state index contributed by atoms with van der Waals surface area (Å²) in [6.45, 7) is 0. The molecule has 0 saturated heterocycles. The number of hydrogen-bond acceptors (Lipinski definition) is 3. The van der Waals surface area contributed by atoms with Gasteiger partial charge in [-0.05, 0) is 24.1 Å². The quantitative estimate of drug-likeness (QED) is 0.832. The van der Waals surface area contributed by atoms with Gasteiger partial charge in [-0.15, -0.1) is 0 Å². The van der Waals surface area contributed by atoms with E-state index in [4.69, 9.17) is 0 Å². The monoisotopic (exact) mass is 255 g/mol. The molecule has 0 radical (unpaired) electrons. The van der Waals surface area contributed by atoms with Gasteiger partial charge in [0.25, 0.3) is 0 Å². The van der Waals surface area contributed by atoms with Crippen molar-refractivity contribution >= 4 is 17.9 Å². The Morgan fingerprint density at radius 2 is 2.21 bits per heavy atom. The van der Waals surface area contributed by atoms with Crippen molar-refractivity contribution < 1.29 is 9.59 Å². The van der Waals surface area contributed by atoms with Crippen LogP contribution in [0.3, 0.4) is 0 Å². The standard InChI is InChI=1S/C14H13N3O2/c1-17-12-4-2-10(6-9(12)3-5-13(17)19)14-11(7-18)15-8-16-14/h2,4,6-8H,3,5H2,1H3,(H,15,16). The molecule has 1 aromatic heterocycles. The summed E-state index contributed by atoms with van der Waals surface area (Å²) in [6.07, 6.45) is 3.52. The first-order valence-electron chi connectivity index (χ1n) is 6.09. The Balaban J connectivity index is 2.07. The molecule has 5 nitrogen and oxygen atoms in total. The van der Waals surface area contributed by atoms with E-state index < -0.39 is 0 Å². The second kappa shape index (κ2) is 4.35. The third-order valence-corrected chi connectivity index (χ3v) is 3.48. The first-order valence-corrected chi connectivity index (χ1v) is 6.09. The fourth-order valence-electron chi connectivity index (χ4n) is 2.43. The van der Waals surface area contributed by atoms with Crippen LogP contribution < -0.4 is 4.90 Å². The summed E-state index contributed by atoms with van der Waals surface area (Å²) < 4.78 is 0. The minimum atomic E-state index is 0.133. The number of carbonyl (C=O) groups excluding carboxylic acids is 2. The normalized spacial score (nSPS) is 14.4. The molecule has 1 aromatic carbocycles. The number of hydrogen-bond donors (Lipinski definition) is 1.